The SMILES string of the molecule is CCCN(CC(=O)OC)C(=O)C1COCCO1. The Hall–Kier alpha value is -1.14. The third kappa shape index (κ3) is 4.32. The zero-order chi connectivity index (χ0) is 12.7. The van der Waals surface area contributed by atoms with Gasteiger partial charge in [-0.25, -0.2) is 0 Å². The van der Waals surface area contributed by atoms with Gasteiger partial charge in [0.25, 0.3) is 5.91 Å². The van der Waals surface area contributed by atoms with E-state index >= 15 is 0 Å². The Morgan fingerprint density at radius 1 is 1.41 bits per heavy atom. The average molecular weight is 245 g/mol. The largest absolute Gasteiger partial charge is 0.468 e. The predicted octanol–water partition coefficient (Wildman–Crippen LogP) is -0.187. The zero-order valence-electron chi connectivity index (χ0n) is 10.3. The van der Waals surface area contributed by atoms with Gasteiger partial charge in [-0.05, 0) is 6.42 Å². The Labute approximate surface area is 101 Å². The van der Waals surface area contributed by atoms with Crippen LogP contribution in [-0.4, -0.2) is 62.9 Å². The molecule has 1 atom stereocenters. The van der Waals surface area contributed by atoms with Crippen LogP contribution in [0.2, 0.25) is 0 Å². The molecular weight excluding hydrogens is 226 g/mol. The first-order chi connectivity index (χ1) is 8.19. The molecule has 1 unspecified atom stereocenters. The Morgan fingerprint density at radius 2 is 2.18 bits per heavy atom. The molecule has 0 radical (unpaired) electrons. The van der Waals surface area contributed by atoms with E-state index in [1.54, 1.807) is 0 Å². The maximum atomic E-state index is 12.1. The van der Waals surface area contributed by atoms with Crippen molar-refractivity contribution < 1.29 is 23.8 Å². The number of methoxy groups -OCH3 is 1. The highest BCUT2D eigenvalue weighted by Crippen LogP contribution is 2.06. The van der Waals surface area contributed by atoms with Gasteiger partial charge in [0.15, 0.2) is 6.10 Å². The van der Waals surface area contributed by atoms with Crippen molar-refractivity contribution in [2.24, 2.45) is 0 Å². The molecule has 0 aliphatic carbocycles. The normalized spacial score (nSPS) is 19.8. The molecule has 1 aliphatic heterocycles. The average Bonchev–Trinajstić information content (AvgIpc) is 2.38. The van der Waals surface area contributed by atoms with Gasteiger partial charge in [0.05, 0.1) is 26.9 Å². The second-order valence-corrected chi connectivity index (χ2v) is 3.77. The Balaban J connectivity index is 2.55. The van der Waals surface area contributed by atoms with E-state index in [-0.39, 0.29) is 19.1 Å². The quantitative estimate of drug-likeness (QED) is 0.628. The lowest BCUT2D eigenvalue weighted by atomic mass is 10.2. The van der Waals surface area contributed by atoms with E-state index in [9.17, 15) is 9.59 Å². The summed E-state index contributed by atoms with van der Waals surface area (Å²) in [5.74, 6) is -0.638. The molecule has 1 fully saturated rings. The number of esters is 1. The van der Waals surface area contributed by atoms with Crippen molar-refractivity contribution >= 4 is 11.9 Å². The summed E-state index contributed by atoms with van der Waals surface area (Å²) in [5, 5.41) is 0. The third-order valence-electron chi connectivity index (χ3n) is 2.44. The molecule has 6 heteroatoms. The molecule has 0 saturated carbocycles. The molecule has 0 N–H and O–H groups in total. The molecule has 0 aromatic carbocycles. The number of carbonyl (C=O) groups excluding carboxylic acids is 2. The van der Waals surface area contributed by atoms with Crippen LogP contribution in [0.25, 0.3) is 0 Å². The molecule has 0 aromatic rings. The smallest absolute Gasteiger partial charge is 0.325 e. The van der Waals surface area contributed by atoms with Crippen LogP contribution in [0.15, 0.2) is 0 Å². The highest BCUT2D eigenvalue weighted by molar-refractivity contribution is 5.85. The number of amides is 1. The van der Waals surface area contributed by atoms with E-state index in [4.69, 9.17) is 9.47 Å². The Bertz CT molecular complexity index is 263. The molecule has 17 heavy (non-hydrogen) atoms. The van der Waals surface area contributed by atoms with E-state index in [1.807, 2.05) is 6.92 Å². The Kier molecular flexibility index (Phi) is 5.93. The molecule has 0 aromatic heterocycles. The van der Waals surface area contributed by atoms with Gasteiger partial charge in [0, 0.05) is 6.54 Å². The number of rotatable bonds is 5. The molecular formula is C11H19NO5. The number of carbonyl (C=O) groups is 2. The predicted molar refractivity (Wildman–Crippen MR) is 59.4 cm³/mol. The molecule has 1 amide bonds. The first kappa shape index (κ1) is 13.9. The maximum absolute atomic E-state index is 12.1. The minimum Gasteiger partial charge on any atom is -0.468 e. The lowest BCUT2D eigenvalue weighted by Gasteiger charge is -2.28. The van der Waals surface area contributed by atoms with E-state index in [2.05, 4.69) is 4.74 Å². The van der Waals surface area contributed by atoms with Crippen molar-refractivity contribution in [3.8, 4) is 0 Å². The van der Waals surface area contributed by atoms with Crippen LogP contribution in [0.5, 0.6) is 0 Å². The minimum absolute atomic E-state index is 0.0387. The van der Waals surface area contributed by atoms with Crippen molar-refractivity contribution in [1.29, 1.82) is 0 Å². The summed E-state index contributed by atoms with van der Waals surface area (Å²) in [6.07, 6.45) is 0.177. The monoisotopic (exact) mass is 245 g/mol. The van der Waals surface area contributed by atoms with Crippen LogP contribution in [0.4, 0.5) is 0 Å². The van der Waals surface area contributed by atoms with Crippen LogP contribution in [0.3, 0.4) is 0 Å². The molecule has 1 aliphatic rings. The maximum Gasteiger partial charge on any atom is 0.325 e. The van der Waals surface area contributed by atoms with Gasteiger partial charge in [0.2, 0.25) is 0 Å². The van der Waals surface area contributed by atoms with Crippen molar-refractivity contribution in [1.82, 2.24) is 4.90 Å². The first-order valence-corrected chi connectivity index (χ1v) is 5.74. The van der Waals surface area contributed by atoms with Crippen LogP contribution < -0.4 is 0 Å². The molecule has 0 spiro atoms. The van der Waals surface area contributed by atoms with E-state index < -0.39 is 12.1 Å². The second-order valence-electron chi connectivity index (χ2n) is 3.77. The second kappa shape index (κ2) is 7.24. The van der Waals surface area contributed by atoms with Crippen molar-refractivity contribution in [2.75, 3.05) is 40.0 Å². The Morgan fingerprint density at radius 3 is 2.71 bits per heavy atom. The van der Waals surface area contributed by atoms with Gasteiger partial charge in [-0.15, -0.1) is 0 Å². The van der Waals surface area contributed by atoms with Crippen LogP contribution in [0, 0.1) is 0 Å². The fourth-order valence-electron chi connectivity index (χ4n) is 1.59. The fraction of sp³-hybridized carbons (Fsp3) is 0.818. The first-order valence-electron chi connectivity index (χ1n) is 5.74. The molecule has 1 rings (SSSR count). The lowest BCUT2D eigenvalue weighted by Crippen LogP contribution is -2.47. The summed E-state index contributed by atoms with van der Waals surface area (Å²) in [6, 6.07) is 0. The van der Waals surface area contributed by atoms with Gasteiger partial charge in [-0.1, -0.05) is 6.92 Å². The summed E-state index contributed by atoms with van der Waals surface area (Å²) in [6.45, 7) is 3.58. The summed E-state index contributed by atoms with van der Waals surface area (Å²) in [5.41, 5.74) is 0. The van der Waals surface area contributed by atoms with Crippen LogP contribution >= 0.6 is 0 Å². The molecule has 1 heterocycles. The van der Waals surface area contributed by atoms with Gasteiger partial charge in [-0.3, -0.25) is 9.59 Å². The summed E-state index contributed by atoms with van der Waals surface area (Å²) in [7, 11) is 1.30. The summed E-state index contributed by atoms with van der Waals surface area (Å²) >= 11 is 0. The van der Waals surface area contributed by atoms with Gasteiger partial charge < -0.3 is 19.1 Å². The van der Waals surface area contributed by atoms with Gasteiger partial charge >= 0.3 is 5.97 Å². The zero-order valence-corrected chi connectivity index (χ0v) is 10.3. The van der Waals surface area contributed by atoms with Crippen molar-refractivity contribution in [3.05, 3.63) is 0 Å². The van der Waals surface area contributed by atoms with E-state index in [0.717, 1.165) is 6.42 Å². The third-order valence-corrected chi connectivity index (χ3v) is 2.44. The molecule has 0 bridgehead atoms. The topological polar surface area (TPSA) is 65.1 Å². The van der Waals surface area contributed by atoms with Crippen molar-refractivity contribution in [2.45, 2.75) is 19.4 Å². The molecule has 6 nitrogen and oxygen atoms in total. The lowest BCUT2D eigenvalue weighted by molar-refractivity contribution is -0.162. The minimum atomic E-state index is -0.597. The van der Waals surface area contributed by atoms with Crippen LogP contribution in [0.1, 0.15) is 13.3 Å². The number of hydrogen-bond acceptors (Lipinski definition) is 5. The highest BCUT2D eigenvalue weighted by atomic mass is 16.6. The summed E-state index contributed by atoms with van der Waals surface area (Å²) < 4.78 is 15.0. The number of nitrogens with zero attached hydrogens (tertiary/aromatic N) is 1. The van der Waals surface area contributed by atoms with E-state index in [1.165, 1.54) is 12.0 Å². The molecule has 1 saturated heterocycles. The number of ether oxygens (including phenoxy) is 3. The fourth-order valence-corrected chi connectivity index (χ4v) is 1.59. The van der Waals surface area contributed by atoms with Gasteiger partial charge in [0.1, 0.15) is 6.54 Å². The van der Waals surface area contributed by atoms with Crippen LogP contribution in [-0.2, 0) is 23.8 Å². The summed E-state index contributed by atoms with van der Waals surface area (Å²) in [4.78, 5) is 24.7. The number of hydrogen-bond donors (Lipinski definition) is 0. The van der Waals surface area contributed by atoms with Gasteiger partial charge in [-0.2, -0.15) is 0 Å². The standard InChI is InChI=1S/C11H19NO5/c1-3-4-12(7-10(13)15-2)11(14)9-8-16-5-6-17-9/h9H,3-8H2,1-2H3. The van der Waals surface area contributed by atoms with Crippen molar-refractivity contribution in [3.63, 3.8) is 0 Å². The highest BCUT2D eigenvalue weighted by Gasteiger charge is 2.28. The van der Waals surface area contributed by atoms with E-state index in [0.29, 0.717) is 19.8 Å². The molecule has 98 valence electrons.